The SMILES string of the molecule is CCCNS(=O)(=O)c1ccc(NS(=O)(=O)N(C)C)cc1. The second-order valence-electron chi connectivity index (χ2n) is 4.31. The minimum absolute atomic E-state index is 0.0961. The molecule has 0 unspecified atom stereocenters. The molecular weight excluding hydrogens is 302 g/mol. The van der Waals surface area contributed by atoms with E-state index < -0.39 is 20.2 Å². The molecule has 9 heteroatoms. The minimum atomic E-state index is -3.60. The largest absolute Gasteiger partial charge is 0.301 e. The first-order valence-corrected chi connectivity index (χ1v) is 8.91. The molecule has 0 aromatic heterocycles. The molecule has 0 spiro atoms. The highest BCUT2D eigenvalue weighted by atomic mass is 32.2. The molecule has 1 aromatic carbocycles. The summed E-state index contributed by atoms with van der Waals surface area (Å²) in [5.74, 6) is 0. The highest BCUT2D eigenvalue weighted by molar-refractivity contribution is 7.90. The van der Waals surface area contributed by atoms with Crippen molar-refractivity contribution < 1.29 is 16.8 Å². The smallest absolute Gasteiger partial charge is 0.271 e. The van der Waals surface area contributed by atoms with Crippen LogP contribution in [0.4, 0.5) is 5.69 Å². The fourth-order valence-corrected chi connectivity index (χ4v) is 3.01. The van der Waals surface area contributed by atoms with E-state index in [0.717, 1.165) is 4.31 Å². The number of nitrogens with one attached hydrogen (secondary N) is 2. The topological polar surface area (TPSA) is 95.6 Å². The first-order chi connectivity index (χ1) is 9.19. The van der Waals surface area contributed by atoms with Gasteiger partial charge < -0.3 is 0 Å². The predicted molar refractivity (Wildman–Crippen MR) is 78.2 cm³/mol. The van der Waals surface area contributed by atoms with Gasteiger partial charge >= 0.3 is 10.2 Å². The molecule has 0 radical (unpaired) electrons. The third kappa shape index (κ3) is 4.44. The number of benzene rings is 1. The molecule has 0 atom stereocenters. The van der Waals surface area contributed by atoms with E-state index in [1.54, 1.807) is 0 Å². The van der Waals surface area contributed by atoms with E-state index in [0.29, 0.717) is 18.7 Å². The number of hydrogen-bond donors (Lipinski definition) is 2. The van der Waals surface area contributed by atoms with E-state index in [9.17, 15) is 16.8 Å². The number of rotatable bonds is 7. The van der Waals surface area contributed by atoms with Crippen LogP contribution >= 0.6 is 0 Å². The molecule has 20 heavy (non-hydrogen) atoms. The van der Waals surface area contributed by atoms with E-state index in [-0.39, 0.29) is 4.90 Å². The summed E-state index contributed by atoms with van der Waals surface area (Å²) in [7, 11) is -4.34. The summed E-state index contributed by atoms with van der Waals surface area (Å²) in [4.78, 5) is 0.0961. The van der Waals surface area contributed by atoms with Crippen molar-refractivity contribution in [3.63, 3.8) is 0 Å². The lowest BCUT2D eigenvalue weighted by Crippen LogP contribution is -2.29. The van der Waals surface area contributed by atoms with E-state index in [4.69, 9.17) is 0 Å². The second kappa shape index (κ2) is 6.53. The van der Waals surface area contributed by atoms with Gasteiger partial charge in [-0.1, -0.05) is 6.92 Å². The van der Waals surface area contributed by atoms with Gasteiger partial charge in [-0.15, -0.1) is 0 Å². The highest BCUT2D eigenvalue weighted by Crippen LogP contribution is 2.15. The molecule has 1 rings (SSSR count). The standard InChI is InChI=1S/C11H19N3O4S2/c1-4-9-12-19(15,16)11-7-5-10(6-8-11)13-20(17,18)14(2)3/h5-8,12-13H,4,9H2,1-3H3. The normalized spacial score (nSPS) is 12.6. The molecule has 1 aromatic rings. The number of nitrogens with zero attached hydrogens (tertiary/aromatic N) is 1. The molecule has 114 valence electrons. The molecule has 0 heterocycles. The van der Waals surface area contributed by atoms with Crippen LogP contribution in [-0.4, -0.2) is 41.8 Å². The second-order valence-corrected chi connectivity index (χ2v) is 7.96. The van der Waals surface area contributed by atoms with Crippen molar-refractivity contribution >= 4 is 25.9 Å². The summed E-state index contributed by atoms with van der Waals surface area (Å²) in [5.41, 5.74) is 0.299. The molecule has 0 fully saturated rings. The van der Waals surface area contributed by atoms with Gasteiger partial charge in [-0.05, 0) is 30.7 Å². The number of sulfonamides is 1. The zero-order valence-corrected chi connectivity index (χ0v) is 13.3. The molecule has 0 aliphatic carbocycles. The molecule has 0 saturated carbocycles. The lowest BCUT2D eigenvalue weighted by molar-refractivity contribution is 0.527. The monoisotopic (exact) mass is 321 g/mol. The average molecular weight is 321 g/mol. The third-order valence-electron chi connectivity index (χ3n) is 2.43. The Labute approximate surface area is 120 Å². The van der Waals surface area contributed by atoms with Crippen LogP contribution in [0, 0.1) is 0 Å². The van der Waals surface area contributed by atoms with Crippen LogP contribution in [0.1, 0.15) is 13.3 Å². The van der Waals surface area contributed by atoms with E-state index in [2.05, 4.69) is 9.44 Å². The van der Waals surface area contributed by atoms with Crippen LogP contribution in [-0.2, 0) is 20.2 Å². The molecule has 0 amide bonds. The summed E-state index contributed by atoms with van der Waals surface area (Å²) < 4.78 is 52.7. The van der Waals surface area contributed by atoms with Crippen LogP contribution in [0.5, 0.6) is 0 Å². The van der Waals surface area contributed by atoms with Crippen molar-refractivity contribution in [1.29, 1.82) is 0 Å². The van der Waals surface area contributed by atoms with Gasteiger partial charge in [0.25, 0.3) is 0 Å². The van der Waals surface area contributed by atoms with Crippen molar-refractivity contribution in [2.24, 2.45) is 0 Å². The zero-order chi connectivity index (χ0) is 15.4. The lowest BCUT2D eigenvalue weighted by atomic mass is 10.3. The van der Waals surface area contributed by atoms with Gasteiger partial charge in [0.2, 0.25) is 10.0 Å². The fraction of sp³-hybridized carbons (Fsp3) is 0.455. The highest BCUT2D eigenvalue weighted by Gasteiger charge is 2.15. The first-order valence-electron chi connectivity index (χ1n) is 5.99. The maximum atomic E-state index is 11.8. The van der Waals surface area contributed by atoms with Gasteiger partial charge in [-0.25, -0.2) is 13.1 Å². The van der Waals surface area contributed by atoms with Crippen molar-refractivity contribution in [1.82, 2.24) is 9.03 Å². The third-order valence-corrected chi connectivity index (χ3v) is 5.37. The van der Waals surface area contributed by atoms with E-state index >= 15 is 0 Å². The van der Waals surface area contributed by atoms with Crippen molar-refractivity contribution in [3.05, 3.63) is 24.3 Å². The van der Waals surface area contributed by atoms with E-state index in [1.165, 1.54) is 38.4 Å². The summed E-state index contributed by atoms with van der Waals surface area (Å²) in [6.07, 6.45) is 0.694. The van der Waals surface area contributed by atoms with Crippen LogP contribution < -0.4 is 9.44 Å². The molecule has 0 aliphatic rings. The van der Waals surface area contributed by atoms with Gasteiger partial charge in [-0.2, -0.15) is 12.7 Å². The Bertz CT molecular complexity index is 637. The van der Waals surface area contributed by atoms with Gasteiger partial charge in [0, 0.05) is 26.3 Å². The Balaban J connectivity index is 2.90. The van der Waals surface area contributed by atoms with Crippen LogP contribution in [0.15, 0.2) is 29.2 Å². The zero-order valence-electron chi connectivity index (χ0n) is 11.6. The van der Waals surface area contributed by atoms with Gasteiger partial charge in [0.1, 0.15) is 0 Å². The number of anilines is 1. The van der Waals surface area contributed by atoms with Crippen LogP contribution in [0.25, 0.3) is 0 Å². The molecule has 0 saturated heterocycles. The van der Waals surface area contributed by atoms with Crippen molar-refractivity contribution in [3.8, 4) is 0 Å². The Morgan fingerprint density at radius 2 is 1.60 bits per heavy atom. The molecule has 0 bridgehead atoms. The Kier molecular flexibility index (Phi) is 5.51. The first kappa shape index (κ1) is 16.9. The molecular formula is C11H19N3O4S2. The molecule has 7 nitrogen and oxygen atoms in total. The Hall–Kier alpha value is -1.16. The van der Waals surface area contributed by atoms with E-state index in [1.807, 2.05) is 6.92 Å². The summed E-state index contributed by atoms with van der Waals surface area (Å²) in [6.45, 7) is 2.22. The summed E-state index contributed by atoms with van der Waals surface area (Å²) >= 11 is 0. The van der Waals surface area contributed by atoms with Crippen LogP contribution in [0.3, 0.4) is 0 Å². The minimum Gasteiger partial charge on any atom is -0.271 e. The number of hydrogen-bond acceptors (Lipinski definition) is 4. The Morgan fingerprint density at radius 3 is 2.05 bits per heavy atom. The van der Waals surface area contributed by atoms with Crippen LogP contribution in [0.2, 0.25) is 0 Å². The lowest BCUT2D eigenvalue weighted by Gasteiger charge is -2.13. The average Bonchev–Trinajstić information content (AvgIpc) is 2.36. The summed E-state index contributed by atoms with van der Waals surface area (Å²) in [5, 5.41) is 0. The van der Waals surface area contributed by atoms with Gasteiger partial charge in [-0.3, -0.25) is 4.72 Å². The maximum Gasteiger partial charge on any atom is 0.301 e. The molecule has 0 aliphatic heterocycles. The Morgan fingerprint density at radius 1 is 1.05 bits per heavy atom. The maximum absolute atomic E-state index is 11.8. The predicted octanol–water partition coefficient (Wildman–Crippen LogP) is 0.593. The fourth-order valence-electron chi connectivity index (χ4n) is 1.26. The quantitative estimate of drug-likeness (QED) is 0.768. The van der Waals surface area contributed by atoms with Gasteiger partial charge in [0.15, 0.2) is 0 Å². The van der Waals surface area contributed by atoms with Crippen molar-refractivity contribution in [2.45, 2.75) is 18.2 Å². The summed E-state index contributed by atoms with van der Waals surface area (Å²) in [6, 6.07) is 5.51. The molecule has 2 N–H and O–H groups in total. The van der Waals surface area contributed by atoms with Gasteiger partial charge in [0.05, 0.1) is 4.90 Å². The van der Waals surface area contributed by atoms with Crippen molar-refractivity contribution in [2.75, 3.05) is 25.4 Å².